The van der Waals surface area contributed by atoms with E-state index in [0.29, 0.717) is 10.8 Å². The number of pyridine rings is 1. The Kier molecular flexibility index (Phi) is 2.32. The molecule has 15 heavy (non-hydrogen) atoms. The Morgan fingerprint density at radius 1 is 1.40 bits per heavy atom. The summed E-state index contributed by atoms with van der Waals surface area (Å²) in [5.41, 5.74) is -0.329. The van der Waals surface area contributed by atoms with Crippen LogP contribution in [0.2, 0.25) is 0 Å². The Balaban J connectivity index is 2.80. The number of aromatic carboxylic acids is 1. The highest BCUT2D eigenvalue weighted by molar-refractivity contribution is 9.10. The van der Waals surface area contributed by atoms with Gasteiger partial charge in [-0.3, -0.25) is 0 Å². The van der Waals surface area contributed by atoms with Gasteiger partial charge < -0.3 is 10.2 Å². The Bertz CT molecular complexity index is 554. The summed E-state index contributed by atoms with van der Waals surface area (Å²) in [5, 5.41) is 19.6. The van der Waals surface area contributed by atoms with Gasteiger partial charge in [0, 0.05) is 21.4 Å². The van der Waals surface area contributed by atoms with Gasteiger partial charge in [-0.05, 0) is 18.2 Å². The molecule has 0 aliphatic heterocycles. The van der Waals surface area contributed by atoms with E-state index in [1.165, 1.54) is 6.20 Å². The van der Waals surface area contributed by atoms with Gasteiger partial charge in [0.15, 0.2) is 11.4 Å². The van der Waals surface area contributed by atoms with Gasteiger partial charge in [0.1, 0.15) is 0 Å². The first-order valence-electron chi connectivity index (χ1n) is 4.10. The molecule has 5 heteroatoms. The van der Waals surface area contributed by atoms with Crippen LogP contribution in [0.4, 0.5) is 0 Å². The second-order valence-corrected chi connectivity index (χ2v) is 3.91. The second-order valence-electron chi connectivity index (χ2n) is 2.99. The van der Waals surface area contributed by atoms with Crippen molar-refractivity contribution >= 4 is 32.7 Å². The van der Waals surface area contributed by atoms with E-state index in [2.05, 4.69) is 20.9 Å². The predicted molar refractivity (Wildman–Crippen MR) is 58.1 cm³/mol. The van der Waals surface area contributed by atoms with E-state index >= 15 is 0 Å². The minimum Gasteiger partial charge on any atom is -0.505 e. The van der Waals surface area contributed by atoms with Crippen LogP contribution >= 0.6 is 15.9 Å². The second kappa shape index (κ2) is 3.51. The molecule has 0 saturated carbocycles. The number of hydrogen-bond donors (Lipinski definition) is 2. The van der Waals surface area contributed by atoms with Crippen molar-refractivity contribution in [3.8, 4) is 5.75 Å². The van der Waals surface area contributed by atoms with Crippen LogP contribution in [-0.4, -0.2) is 21.2 Å². The molecule has 2 rings (SSSR count). The van der Waals surface area contributed by atoms with Crippen molar-refractivity contribution in [2.24, 2.45) is 0 Å². The van der Waals surface area contributed by atoms with Crippen LogP contribution in [0.25, 0.3) is 10.8 Å². The van der Waals surface area contributed by atoms with E-state index in [-0.39, 0.29) is 11.4 Å². The number of halogens is 1. The number of aromatic nitrogens is 1. The molecule has 0 aliphatic rings. The predicted octanol–water partition coefficient (Wildman–Crippen LogP) is 2.40. The van der Waals surface area contributed by atoms with Gasteiger partial charge in [-0.2, -0.15) is 0 Å². The van der Waals surface area contributed by atoms with Crippen molar-refractivity contribution < 1.29 is 15.0 Å². The van der Waals surface area contributed by atoms with Crippen LogP contribution in [0.3, 0.4) is 0 Å². The molecule has 1 heterocycles. The molecule has 1 aromatic heterocycles. The number of carboxylic acids is 1. The van der Waals surface area contributed by atoms with Gasteiger partial charge in [-0.25, -0.2) is 9.78 Å². The highest BCUT2D eigenvalue weighted by Crippen LogP contribution is 2.28. The normalized spacial score (nSPS) is 10.5. The maximum atomic E-state index is 10.7. The summed E-state index contributed by atoms with van der Waals surface area (Å²) >= 11 is 3.28. The van der Waals surface area contributed by atoms with Crippen LogP contribution in [0.15, 0.2) is 28.9 Å². The molecule has 0 saturated heterocycles. The quantitative estimate of drug-likeness (QED) is 0.833. The van der Waals surface area contributed by atoms with Crippen molar-refractivity contribution in [1.82, 2.24) is 4.98 Å². The minimum absolute atomic E-state index is 0.299. The number of carboxylic acid groups (broad SMARTS) is 1. The van der Waals surface area contributed by atoms with Gasteiger partial charge in [0.2, 0.25) is 0 Å². The molecule has 0 atom stereocenters. The van der Waals surface area contributed by atoms with Gasteiger partial charge in [0.05, 0.1) is 0 Å². The SMILES string of the molecule is O=C(O)c1ncc2cc(Br)ccc2c1O. The summed E-state index contributed by atoms with van der Waals surface area (Å²) in [5.74, 6) is -1.54. The third-order valence-electron chi connectivity index (χ3n) is 2.03. The number of aromatic hydroxyl groups is 1. The Morgan fingerprint density at radius 2 is 2.13 bits per heavy atom. The van der Waals surface area contributed by atoms with Gasteiger partial charge >= 0.3 is 5.97 Å². The lowest BCUT2D eigenvalue weighted by Gasteiger charge is -2.03. The standard InChI is InChI=1S/C10H6BrNO3/c11-6-1-2-7-5(3-6)4-12-8(9(7)13)10(14)15/h1-4,13H,(H,14,15). The molecule has 0 fully saturated rings. The topological polar surface area (TPSA) is 70.4 Å². The van der Waals surface area contributed by atoms with Gasteiger partial charge in [-0.15, -0.1) is 0 Å². The molecule has 0 bridgehead atoms. The first-order valence-corrected chi connectivity index (χ1v) is 4.89. The highest BCUT2D eigenvalue weighted by Gasteiger charge is 2.13. The van der Waals surface area contributed by atoms with Crippen LogP contribution in [0.5, 0.6) is 5.75 Å². The van der Waals surface area contributed by atoms with E-state index in [9.17, 15) is 9.90 Å². The summed E-state index contributed by atoms with van der Waals surface area (Å²) in [7, 11) is 0. The largest absolute Gasteiger partial charge is 0.505 e. The lowest BCUT2D eigenvalue weighted by Crippen LogP contribution is -2.00. The number of rotatable bonds is 1. The zero-order valence-electron chi connectivity index (χ0n) is 7.44. The average molecular weight is 268 g/mol. The average Bonchev–Trinajstić information content (AvgIpc) is 2.17. The summed E-state index contributed by atoms with van der Waals surface area (Å²) in [6.45, 7) is 0. The molecule has 2 N–H and O–H groups in total. The minimum atomic E-state index is -1.24. The van der Waals surface area contributed by atoms with E-state index in [4.69, 9.17) is 5.11 Å². The fraction of sp³-hybridized carbons (Fsp3) is 0. The zero-order chi connectivity index (χ0) is 11.0. The summed E-state index contributed by atoms with van der Waals surface area (Å²) in [6.07, 6.45) is 1.42. The third-order valence-corrected chi connectivity index (χ3v) is 2.52. The number of fused-ring (bicyclic) bond motifs is 1. The molecule has 0 spiro atoms. The lowest BCUT2D eigenvalue weighted by atomic mass is 10.1. The monoisotopic (exact) mass is 267 g/mol. The number of nitrogens with zero attached hydrogens (tertiary/aromatic N) is 1. The van der Waals surface area contributed by atoms with Crippen molar-refractivity contribution in [3.05, 3.63) is 34.6 Å². The third kappa shape index (κ3) is 1.66. The Hall–Kier alpha value is -1.62. The first kappa shape index (κ1) is 9.92. The van der Waals surface area contributed by atoms with Crippen molar-refractivity contribution in [1.29, 1.82) is 0 Å². The molecule has 4 nitrogen and oxygen atoms in total. The maximum absolute atomic E-state index is 10.7. The maximum Gasteiger partial charge on any atom is 0.358 e. The lowest BCUT2D eigenvalue weighted by molar-refractivity contribution is 0.0687. The fourth-order valence-electron chi connectivity index (χ4n) is 1.34. The van der Waals surface area contributed by atoms with Crippen molar-refractivity contribution in [3.63, 3.8) is 0 Å². The van der Waals surface area contributed by atoms with Crippen LogP contribution in [0, 0.1) is 0 Å². The van der Waals surface area contributed by atoms with E-state index < -0.39 is 5.97 Å². The van der Waals surface area contributed by atoms with Gasteiger partial charge in [0.25, 0.3) is 0 Å². The van der Waals surface area contributed by atoms with Crippen LogP contribution in [0.1, 0.15) is 10.5 Å². The van der Waals surface area contributed by atoms with Crippen LogP contribution < -0.4 is 0 Å². The highest BCUT2D eigenvalue weighted by atomic mass is 79.9. The molecule has 76 valence electrons. The molecule has 2 aromatic rings. The number of carbonyl (C=O) groups is 1. The molecular weight excluding hydrogens is 262 g/mol. The van der Waals surface area contributed by atoms with Crippen LogP contribution in [-0.2, 0) is 0 Å². The Morgan fingerprint density at radius 3 is 2.80 bits per heavy atom. The molecule has 0 amide bonds. The first-order chi connectivity index (χ1) is 7.09. The smallest absolute Gasteiger partial charge is 0.358 e. The fourth-order valence-corrected chi connectivity index (χ4v) is 1.71. The molecular formula is C10H6BrNO3. The molecule has 0 radical (unpaired) electrons. The number of hydrogen-bond acceptors (Lipinski definition) is 3. The molecule has 0 unspecified atom stereocenters. The summed E-state index contributed by atoms with van der Waals surface area (Å²) in [6, 6.07) is 5.13. The molecule has 0 aliphatic carbocycles. The van der Waals surface area contributed by atoms with E-state index in [0.717, 1.165) is 4.47 Å². The van der Waals surface area contributed by atoms with Gasteiger partial charge in [-0.1, -0.05) is 15.9 Å². The van der Waals surface area contributed by atoms with E-state index in [1.807, 2.05) is 0 Å². The van der Waals surface area contributed by atoms with E-state index in [1.54, 1.807) is 18.2 Å². The van der Waals surface area contributed by atoms with Crippen molar-refractivity contribution in [2.75, 3.05) is 0 Å². The summed E-state index contributed by atoms with van der Waals surface area (Å²) in [4.78, 5) is 14.4. The van der Waals surface area contributed by atoms with Crippen molar-refractivity contribution in [2.45, 2.75) is 0 Å². The number of benzene rings is 1. The molecule has 1 aromatic carbocycles. The zero-order valence-corrected chi connectivity index (χ0v) is 9.02. The summed E-state index contributed by atoms with van der Waals surface area (Å²) < 4.78 is 0.847. The Labute approximate surface area is 93.3 Å².